The van der Waals surface area contributed by atoms with Crippen LogP contribution >= 0.6 is 0 Å². The van der Waals surface area contributed by atoms with Crippen LogP contribution in [0.15, 0.2) is 18.2 Å². The smallest absolute Gasteiger partial charge is 0.258 e. The first-order chi connectivity index (χ1) is 7.72. The molecule has 0 atom stereocenters. The zero-order valence-corrected chi connectivity index (χ0v) is 8.95. The molecular formula is C12H14N2O2. The lowest BCUT2D eigenvalue weighted by Crippen LogP contribution is -2.19. The summed E-state index contributed by atoms with van der Waals surface area (Å²) in [5.74, 6) is -0.589. The van der Waals surface area contributed by atoms with Crippen molar-refractivity contribution in [2.24, 2.45) is 5.73 Å². The van der Waals surface area contributed by atoms with Crippen molar-refractivity contribution in [1.29, 1.82) is 0 Å². The van der Waals surface area contributed by atoms with Gasteiger partial charge in [-0.1, -0.05) is 6.07 Å². The zero-order chi connectivity index (χ0) is 11.5. The van der Waals surface area contributed by atoms with Gasteiger partial charge < -0.3 is 5.73 Å². The Morgan fingerprint density at radius 1 is 1.06 bits per heavy atom. The highest BCUT2D eigenvalue weighted by Gasteiger charge is 2.26. The molecule has 1 heterocycles. The first-order valence-electron chi connectivity index (χ1n) is 5.41. The summed E-state index contributed by atoms with van der Waals surface area (Å²) >= 11 is 0. The Hall–Kier alpha value is -1.68. The van der Waals surface area contributed by atoms with E-state index in [9.17, 15) is 9.59 Å². The minimum Gasteiger partial charge on any atom is -0.330 e. The van der Waals surface area contributed by atoms with Gasteiger partial charge in [0.1, 0.15) is 0 Å². The number of imide groups is 1. The lowest BCUT2D eigenvalue weighted by molar-refractivity contribution is 0.0879. The van der Waals surface area contributed by atoms with Crippen LogP contribution in [0.4, 0.5) is 0 Å². The second-order valence-corrected chi connectivity index (χ2v) is 3.91. The van der Waals surface area contributed by atoms with Gasteiger partial charge in [-0.15, -0.1) is 0 Å². The summed E-state index contributed by atoms with van der Waals surface area (Å²) in [6.45, 7) is 0.684. The SMILES string of the molecule is NCCCCc1ccc2c(c1)C(=O)NC2=O. The summed E-state index contributed by atoms with van der Waals surface area (Å²) in [6, 6.07) is 5.41. The Kier molecular flexibility index (Phi) is 3.01. The molecule has 0 saturated heterocycles. The maximum atomic E-state index is 11.4. The van der Waals surface area contributed by atoms with Crippen molar-refractivity contribution in [3.8, 4) is 0 Å². The summed E-state index contributed by atoms with van der Waals surface area (Å²) in [7, 11) is 0. The van der Waals surface area contributed by atoms with Gasteiger partial charge in [0.05, 0.1) is 11.1 Å². The van der Waals surface area contributed by atoms with Crippen LogP contribution in [0.25, 0.3) is 0 Å². The number of hydrogen-bond acceptors (Lipinski definition) is 3. The van der Waals surface area contributed by atoms with Crippen molar-refractivity contribution in [1.82, 2.24) is 5.32 Å². The molecule has 0 radical (unpaired) electrons. The van der Waals surface area contributed by atoms with Crippen molar-refractivity contribution in [3.63, 3.8) is 0 Å². The number of hydrogen-bond donors (Lipinski definition) is 2. The largest absolute Gasteiger partial charge is 0.330 e. The van der Waals surface area contributed by atoms with Crippen LogP contribution in [0.2, 0.25) is 0 Å². The molecule has 1 aliphatic heterocycles. The van der Waals surface area contributed by atoms with E-state index in [4.69, 9.17) is 5.73 Å². The van der Waals surface area contributed by atoms with Crippen LogP contribution in [0.1, 0.15) is 39.1 Å². The molecule has 4 nitrogen and oxygen atoms in total. The molecule has 84 valence electrons. The lowest BCUT2D eigenvalue weighted by atomic mass is 10.0. The van der Waals surface area contributed by atoms with Crippen molar-refractivity contribution in [2.75, 3.05) is 6.54 Å². The van der Waals surface area contributed by atoms with Gasteiger partial charge in [-0.2, -0.15) is 0 Å². The molecular weight excluding hydrogens is 204 g/mol. The van der Waals surface area contributed by atoms with E-state index in [1.165, 1.54) is 0 Å². The van der Waals surface area contributed by atoms with Crippen LogP contribution in [-0.4, -0.2) is 18.4 Å². The van der Waals surface area contributed by atoms with Gasteiger partial charge in [0.25, 0.3) is 11.8 Å². The predicted octanol–water partition coefficient (Wildman–Crippen LogP) is 0.852. The monoisotopic (exact) mass is 218 g/mol. The molecule has 16 heavy (non-hydrogen) atoms. The number of aryl methyl sites for hydroxylation is 1. The molecule has 2 rings (SSSR count). The summed E-state index contributed by atoms with van der Waals surface area (Å²) < 4.78 is 0. The van der Waals surface area contributed by atoms with Gasteiger partial charge in [-0.25, -0.2) is 0 Å². The summed E-state index contributed by atoms with van der Waals surface area (Å²) in [6.07, 6.45) is 2.87. The second-order valence-electron chi connectivity index (χ2n) is 3.91. The quantitative estimate of drug-likeness (QED) is 0.581. The Morgan fingerprint density at radius 3 is 2.56 bits per heavy atom. The van der Waals surface area contributed by atoms with Crippen LogP contribution in [-0.2, 0) is 6.42 Å². The molecule has 3 N–H and O–H groups in total. The number of rotatable bonds is 4. The van der Waals surface area contributed by atoms with Gasteiger partial charge in [0.15, 0.2) is 0 Å². The summed E-state index contributed by atoms with van der Waals surface area (Å²) in [4.78, 5) is 22.7. The zero-order valence-electron chi connectivity index (χ0n) is 8.95. The van der Waals surface area contributed by atoms with E-state index in [0.29, 0.717) is 17.7 Å². The average molecular weight is 218 g/mol. The molecule has 0 bridgehead atoms. The molecule has 1 aromatic carbocycles. The number of nitrogens with one attached hydrogen (secondary N) is 1. The molecule has 0 unspecified atom stereocenters. The number of amides is 2. The van der Waals surface area contributed by atoms with E-state index < -0.39 is 0 Å². The first-order valence-corrected chi connectivity index (χ1v) is 5.41. The third-order valence-electron chi connectivity index (χ3n) is 2.72. The fourth-order valence-electron chi connectivity index (χ4n) is 1.84. The highest BCUT2D eigenvalue weighted by Crippen LogP contribution is 2.18. The molecule has 0 fully saturated rings. The molecule has 1 aromatic rings. The van der Waals surface area contributed by atoms with E-state index in [2.05, 4.69) is 5.32 Å². The Balaban J connectivity index is 2.16. The number of unbranched alkanes of at least 4 members (excludes halogenated alkanes) is 1. The van der Waals surface area contributed by atoms with Gasteiger partial charge in [0.2, 0.25) is 0 Å². The van der Waals surface area contributed by atoms with Crippen molar-refractivity contribution < 1.29 is 9.59 Å². The fourth-order valence-corrected chi connectivity index (χ4v) is 1.84. The van der Waals surface area contributed by atoms with E-state index in [0.717, 1.165) is 24.8 Å². The Morgan fingerprint density at radius 2 is 1.81 bits per heavy atom. The van der Waals surface area contributed by atoms with Crippen LogP contribution in [0.5, 0.6) is 0 Å². The van der Waals surface area contributed by atoms with Crippen molar-refractivity contribution in [3.05, 3.63) is 34.9 Å². The molecule has 0 aromatic heterocycles. The lowest BCUT2D eigenvalue weighted by Gasteiger charge is -2.02. The first kappa shape index (κ1) is 10.8. The molecule has 4 heteroatoms. The van der Waals surface area contributed by atoms with Crippen molar-refractivity contribution >= 4 is 11.8 Å². The number of benzene rings is 1. The van der Waals surface area contributed by atoms with Gasteiger partial charge >= 0.3 is 0 Å². The summed E-state index contributed by atoms with van der Waals surface area (Å²) in [5.41, 5.74) is 7.47. The second kappa shape index (κ2) is 4.45. The highest BCUT2D eigenvalue weighted by atomic mass is 16.2. The van der Waals surface area contributed by atoms with E-state index >= 15 is 0 Å². The van der Waals surface area contributed by atoms with E-state index in [-0.39, 0.29) is 11.8 Å². The molecule has 0 spiro atoms. The number of nitrogens with two attached hydrogens (primary N) is 1. The average Bonchev–Trinajstić information content (AvgIpc) is 2.55. The number of carbonyl (C=O) groups excluding carboxylic acids is 2. The maximum absolute atomic E-state index is 11.4. The highest BCUT2D eigenvalue weighted by molar-refractivity contribution is 6.21. The standard InChI is InChI=1S/C12H14N2O2/c13-6-2-1-3-8-4-5-9-10(7-8)12(16)14-11(9)15/h4-5,7H,1-3,6,13H2,(H,14,15,16). The predicted molar refractivity (Wildman–Crippen MR) is 60.2 cm³/mol. The molecule has 1 aliphatic rings. The normalized spacial score (nSPS) is 13.8. The summed E-state index contributed by atoms with van der Waals surface area (Å²) in [5, 5.41) is 2.28. The van der Waals surface area contributed by atoms with E-state index in [1.807, 2.05) is 6.07 Å². The van der Waals surface area contributed by atoms with Crippen LogP contribution < -0.4 is 11.1 Å². The Bertz CT molecular complexity index is 441. The topological polar surface area (TPSA) is 72.2 Å². The number of carbonyl (C=O) groups is 2. The third kappa shape index (κ3) is 1.97. The Labute approximate surface area is 93.8 Å². The van der Waals surface area contributed by atoms with Crippen LogP contribution in [0.3, 0.4) is 0 Å². The minimum atomic E-state index is -0.298. The fraction of sp³-hybridized carbons (Fsp3) is 0.333. The molecule has 2 amide bonds. The van der Waals surface area contributed by atoms with Gasteiger partial charge in [0, 0.05) is 0 Å². The van der Waals surface area contributed by atoms with Gasteiger partial charge in [-0.05, 0) is 43.5 Å². The maximum Gasteiger partial charge on any atom is 0.258 e. The minimum absolute atomic E-state index is 0.291. The van der Waals surface area contributed by atoms with Crippen LogP contribution in [0, 0.1) is 0 Å². The third-order valence-corrected chi connectivity index (χ3v) is 2.72. The van der Waals surface area contributed by atoms with E-state index in [1.54, 1.807) is 12.1 Å². The van der Waals surface area contributed by atoms with Gasteiger partial charge in [-0.3, -0.25) is 14.9 Å². The number of fused-ring (bicyclic) bond motifs is 1. The molecule has 0 saturated carbocycles. The van der Waals surface area contributed by atoms with Crippen molar-refractivity contribution in [2.45, 2.75) is 19.3 Å². The molecule has 0 aliphatic carbocycles.